The van der Waals surface area contributed by atoms with Gasteiger partial charge in [-0.15, -0.1) is 10.2 Å². The van der Waals surface area contributed by atoms with Crippen molar-refractivity contribution in [2.75, 3.05) is 12.3 Å². The molecule has 0 radical (unpaired) electrons. The Hall–Kier alpha value is -1.07. The Morgan fingerprint density at radius 1 is 1.35 bits per heavy atom. The van der Waals surface area contributed by atoms with E-state index in [0.717, 1.165) is 29.5 Å². The summed E-state index contributed by atoms with van der Waals surface area (Å²) in [4.78, 5) is 0. The Morgan fingerprint density at radius 2 is 2.24 bits per heavy atom. The molecule has 92 valence electrons. The van der Waals surface area contributed by atoms with Gasteiger partial charge in [0.1, 0.15) is 0 Å². The van der Waals surface area contributed by atoms with Crippen molar-refractivity contribution >= 4 is 17.4 Å². The number of nitrogens with zero attached hydrogens (tertiary/aromatic N) is 3. The van der Waals surface area contributed by atoms with E-state index in [4.69, 9.17) is 0 Å². The van der Waals surface area contributed by atoms with E-state index < -0.39 is 0 Å². The quantitative estimate of drug-likeness (QED) is 0.798. The number of pyridine rings is 1. The van der Waals surface area contributed by atoms with Gasteiger partial charge in [-0.1, -0.05) is 31.7 Å². The Morgan fingerprint density at radius 3 is 3.00 bits per heavy atom. The van der Waals surface area contributed by atoms with Crippen LogP contribution in [0.15, 0.2) is 29.6 Å². The lowest BCUT2D eigenvalue weighted by Gasteiger charge is -2.14. The number of hydrogen-bond acceptors (Lipinski definition) is 4. The van der Waals surface area contributed by atoms with E-state index in [2.05, 4.69) is 29.4 Å². The smallest absolute Gasteiger partial charge is 0.195 e. The van der Waals surface area contributed by atoms with Crippen LogP contribution < -0.4 is 5.32 Å². The second kappa shape index (κ2) is 6.02. The molecule has 4 nitrogen and oxygen atoms in total. The van der Waals surface area contributed by atoms with Gasteiger partial charge in [-0.05, 0) is 25.1 Å². The fraction of sp³-hybridized carbons (Fsp3) is 0.500. The molecule has 0 bridgehead atoms. The van der Waals surface area contributed by atoms with Crippen molar-refractivity contribution in [3.8, 4) is 0 Å². The van der Waals surface area contributed by atoms with Gasteiger partial charge in [0, 0.05) is 18.0 Å². The Bertz CT molecular complexity index is 468. The first-order chi connectivity index (χ1) is 8.35. The molecule has 0 saturated heterocycles. The van der Waals surface area contributed by atoms with Crippen LogP contribution >= 0.6 is 11.8 Å². The second-order valence-corrected chi connectivity index (χ2v) is 4.87. The lowest BCUT2D eigenvalue weighted by atomic mass is 10.2. The van der Waals surface area contributed by atoms with E-state index >= 15 is 0 Å². The summed E-state index contributed by atoms with van der Waals surface area (Å²) < 4.78 is 2.03. The summed E-state index contributed by atoms with van der Waals surface area (Å²) in [5.74, 6) is 1.03. The predicted octanol–water partition coefficient (Wildman–Crippen LogP) is 2.21. The molecule has 2 rings (SSSR count). The molecule has 1 unspecified atom stereocenters. The lowest BCUT2D eigenvalue weighted by molar-refractivity contribution is 0.559. The number of nitrogens with one attached hydrogen (secondary N) is 1. The van der Waals surface area contributed by atoms with Gasteiger partial charge in [-0.3, -0.25) is 4.40 Å². The second-order valence-electron chi connectivity index (χ2n) is 3.89. The number of aromatic nitrogens is 3. The molecule has 0 aliphatic carbocycles. The molecule has 1 atom stereocenters. The third-order valence-corrected chi connectivity index (χ3v) is 3.79. The molecule has 0 aromatic carbocycles. The first-order valence-corrected chi connectivity index (χ1v) is 6.99. The summed E-state index contributed by atoms with van der Waals surface area (Å²) in [6.45, 7) is 5.36. The zero-order valence-electron chi connectivity index (χ0n) is 10.3. The zero-order chi connectivity index (χ0) is 12.1. The van der Waals surface area contributed by atoms with Crippen molar-refractivity contribution < 1.29 is 0 Å². The minimum atomic E-state index is 0.543. The maximum Gasteiger partial charge on any atom is 0.195 e. The van der Waals surface area contributed by atoms with E-state index in [0.29, 0.717) is 6.04 Å². The van der Waals surface area contributed by atoms with Gasteiger partial charge in [0.2, 0.25) is 0 Å². The first-order valence-electron chi connectivity index (χ1n) is 6.01. The summed E-state index contributed by atoms with van der Waals surface area (Å²) >= 11 is 1.76. The van der Waals surface area contributed by atoms with E-state index in [-0.39, 0.29) is 0 Å². The van der Waals surface area contributed by atoms with Crippen molar-refractivity contribution in [1.29, 1.82) is 0 Å². The highest BCUT2D eigenvalue weighted by atomic mass is 32.2. The number of hydrogen-bond donors (Lipinski definition) is 1. The van der Waals surface area contributed by atoms with Gasteiger partial charge >= 0.3 is 0 Å². The Labute approximate surface area is 106 Å². The van der Waals surface area contributed by atoms with Crippen LogP contribution in [-0.4, -0.2) is 32.9 Å². The van der Waals surface area contributed by atoms with Gasteiger partial charge in [-0.2, -0.15) is 0 Å². The Balaban J connectivity index is 2.03. The van der Waals surface area contributed by atoms with Crippen molar-refractivity contribution in [1.82, 2.24) is 19.9 Å². The molecule has 0 spiro atoms. The van der Waals surface area contributed by atoms with E-state index in [9.17, 15) is 0 Å². The molecular formula is C12H18N4S. The fourth-order valence-electron chi connectivity index (χ4n) is 1.70. The predicted molar refractivity (Wildman–Crippen MR) is 71.5 cm³/mol. The molecule has 0 aliphatic rings. The normalized spacial score (nSPS) is 13.1. The topological polar surface area (TPSA) is 42.2 Å². The highest BCUT2D eigenvalue weighted by Crippen LogP contribution is 2.18. The molecule has 5 heteroatoms. The molecule has 2 aromatic rings. The van der Waals surface area contributed by atoms with E-state index in [1.807, 2.05) is 28.8 Å². The minimum Gasteiger partial charge on any atom is -0.313 e. The highest BCUT2D eigenvalue weighted by Gasteiger charge is 2.09. The maximum atomic E-state index is 4.21. The fourth-order valence-corrected chi connectivity index (χ4v) is 2.80. The van der Waals surface area contributed by atoms with Gasteiger partial charge in [0.05, 0.1) is 0 Å². The van der Waals surface area contributed by atoms with Crippen LogP contribution in [0.25, 0.3) is 5.65 Å². The Kier molecular flexibility index (Phi) is 4.39. The van der Waals surface area contributed by atoms with Gasteiger partial charge in [0.25, 0.3) is 0 Å². The molecule has 1 N–H and O–H groups in total. The van der Waals surface area contributed by atoms with Crippen molar-refractivity contribution in [2.45, 2.75) is 31.5 Å². The highest BCUT2D eigenvalue weighted by molar-refractivity contribution is 7.99. The van der Waals surface area contributed by atoms with E-state index in [1.54, 1.807) is 11.8 Å². The molecule has 0 fully saturated rings. The summed E-state index contributed by atoms with van der Waals surface area (Å²) in [5.41, 5.74) is 0.909. The molecule has 0 amide bonds. The monoisotopic (exact) mass is 250 g/mol. The summed E-state index contributed by atoms with van der Waals surface area (Å²) in [6.07, 6.45) is 3.14. The average molecular weight is 250 g/mol. The average Bonchev–Trinajstić information content (AvgIpc) is 2.78. The summed E-state index contributed by atoms with van der Waals surface area (Å²) in [7, 11) is 0. The molecular weight excluding hydrogens is 232 g/mol. The number of fused-ring (bicyclic) bond motifs is 1. The van der Waals surface area contributed by atoms with Crippen LogP contribution in [0.2, 0.25) is 0 Å². The van der Waals surface area contributed by atoms with Crippen LogP contribution in [0.5, 0.6) is 0 Å². The summed E-state index contributed by atoms with van der Waals surface area (Å²) in [5, 5.41) is 12.8. The lowest BCUT2D eigenvalue weighted by Crippen LogP contribution is -2.30. The van der Waals surface area contributed by atoms with Crippen molar-refractivity contribution in [2.24, 2.45) is 0 Å². The molecule has 17 heavy (non-hydrogen) atoms. The number of thioether (sulfide) groups is 1. The third-order valence-electron chi connectivity index (χ3n) is 2.68. The maximum absolute atomic E-state index is 4.21. The number of rotatable bonds is 6. The van der Waals surface area contributed by atoms with Crippen LogP contribution in [0.4, 0.5) is 0 Å². The van der Waals surface area contributed by atoms with Crippen LogP contribution in [-0.2, 0) is 0 Å². The van der Waals surface area contributed by atoms with Gasteiger partial charge < -0.3 is 5.32 Å². The van der Waals surface area contributed by atoms with Crippen LogP contribution in [0.1, 0.15) is 20.3 Å². The van der Waals surface area contributed by atoms with E-state index in [1.165, 1.54) is 0 Å². The SMILES string of the molecule is CCNC(CC)CSc1nnc2ccccn12. The molecule has 2 heterocycles. The van der Waals surface area contributed by atoms with Crippen molar-refractivity contribution in [3.05, 3.63) is 24.4 Å². The van der Waals surface area contributed by atoms with Crippen LogP contribution in [0, 0.1) is 0 Å². The molecule has 2 aromatic heterocycles. The third kappa shape index (κ3) is 2.98. The van der Waals surface area contributed by atoms with Gasteiger partial charge in [0.15, 0.2) is 10.8 Å². The van der Waals surface area contributed by atoms with Gasteiger partial charge in [-0.25, -0.2) is 0 Å². The largest absolute Gasteiger partial charge is 0.313 e. The minimum absolute atomic E-state index is 0.543. The zero-order valence-corrected chi connectivity index (χ0v) is 11.1. The standard InChI is InChI=1S/C12H18N4S/c1-3-10(13-4-2)9-17-12-15-14-11-7-5-6-8-16(11)12/h5-8,10,13H,3-4,9H2,1-2H3. The summed E-state index contributed by atoms with van der Waals surface area (Å²) in [6, 6.07) is 6.49. The van der Waals surface area contributed by atoms with Crippen LogP contribution in [0.3, 0.4) is 0 Å². The molecule has 0 saturated carbocycles. The first kappa shape index (κ1) is 12.4. The van der Waals surface area contributed by atoms with Crippen molar-refractivity contribution in [3.63, 3.8) is 0 Å². The molecule has 0 aliphatic heterocycles.